The second-order valence-electron chi connectivity index (χ2n) is 8.25. The Morgan fingerprint density at radius 1 is 0.943 bits per heavy atom. The molecular weight excluding hydrogens is 446 g/mol. The molecule has 0 saturated carbocycles. The van der Waals surface area contributed by atoms with Crippen molar-refractivity contribution in [2.75, 3.05) is 57.9 Å². The number of carbonyl (C=O) groups is 1. The van der Waals surface area contributed by atoms with E-state index < -0.39 is 0 Å². The normalized spacial score (nSPS) is 14.9. The van der Waals surface area contributed by atoms with E-state index in [4.69, 9.17) is 18.6 Å². The molecule has 1 saturated heterocycles. The fourth-order valence-corrected chi connectivity index (χ4v) is 4.18. The fourth-order valence-electron chi connectivity index (χ4n) is 4.18. The van der Waals surface area contributed by atoms with Crippen LogP contribution < -0.4 is 24.4 Å². The standard InChI is InChI=1S/C27H33N3O5/c1-3-33-23-10-12-24(13-11-23)35-20-27(31)28-19-25(26-5-4-18-34-26)30-16-14-29(15-17-30)21-6-8-22(32-2)9-7-21/h4-13,18,25H,3,14-17,19-20H2,1-2H3,(H,28,31). The number of furan rings is 1. The molecule has 35 heavy (non-hydrogen) atoms. The van der Waals surface area contributed by atoms with Gasteiger partial charge in [0.2, 0.25) is 0 Å². The predicted molar refractivity (Wildman–Crippen MR) is 134 cm³/mol. The van der Waals surface area contributed by atoms with Crippen LogP contribution in [0.2, 0.25) is 0 Å². The Labute approximate surface area is 206 Å². The lowest BCUT2D eigenvalue weighted by Gasteiger charge is -2.39. The van der Waals surface area contributed by atoms with E-state index in [1.54, 1.807) is 25.5 Å². The molecule has 0 aliphatic carbocycles. The van der Waals surface area contributed by atoms with Gasteiger partial charge in [0.25, 0.3) is 5.91 Å². The van der Waals surface area contributed by atoms with Crippen LogP contribution in [0, 0.1) is 0 Å². The third-order valence-electron chi connectivity index (χ3n) is 6.06. The molecule has 8 nitrogen and oxygen atoms in total. The van der Waals surface area contributed by atoms with Crippen LogP contribution in [0.25, 0.3) is 0 Å². The quantitative estimate of drug-likeness (QED) is 0.449. The van der Waals surface area contributed by atoms with E-state index in [0.29, 0.717) is 18.9 Å². The van der Waals surface area contributed by atoms with Gasteiger partial charge in [-0.25, -0.2) is 0 Å². The highest BCUT2D eigenvalue weighted by atomic mass is 16.5. The molecule has 8 heteroatoms. The number of carbonyl (C=O) groups excluding carboxylic acids is 1. The molecule has 3 aromatic rings. The second kappa shape index (κ2) is 12.2. The first-order valence-corrected chi connectivity index (χ1v) is 11.9. The van der Waals surface area contributed by atoms with Crippen LogP contribution >= 0.6 is 0 Å². The van der Waals surface area contributed by atoms with Crippen molar-refractivity contribution in [3.05, 3.63) is 72.7 Å². The number of nitrogens with one attached hydrogen (secondary N) is 1. The summed E-state index contributed by atoms with van der Waals surface area (Å²) in [5.74, 6) is 2.92. The van der Waals surface area contributed by atoms with Gasteiger partial charge in [-0.3, -0.25) is 9.69 Å². The maximum absolute atomic E-state index is 12.5. The van der Waals surface area contributed by atoms with Gasteiger partial charge in [0.05, 0.1) is 26.0 Å². The van der Waals surface area contributed by atoms with Gasteiger partial charge in [-0.15, -0.1) is 0 Å². The highest BCUT2D eigenvalue weighted by molar-refractivity contribution is 5.77. The number of piperazine rings is 1. The molecule has 1 fully saturated rings. The number of nitrogens with zero attached hydrogens (tertiary/aromatic N) is 2. The molecular formula is C27H33N3O5. The summed E-state index contributed by atoms with van der Waals surface area (Å²) in [5, 5.41) is 3.01. The lowest BCUT2D eigenvalue weighted by Crippen LogP contribution is -2.50. The Bertz CT molecular complexity index is 1030. The molecule has 2 heterocycles. The average Bonchev–Trinajstić information content (AvgIpc) is 3.44. The van der Waals surface area contributed by atoms with Crippen LogP contribution in [0.1, 0.15) is 18.7 Å². The van der Waals surface area contributed by atoms with Crippen molar-refractivity contribution in [3.63, 3.8) is 0 Å². The highest BCUT2D eigenvalue weighted by Gasteiger charge is 2.27. The van der Waals surface area contributed by atoms with Gasteiger partial charge in [-0.2, -0.15) is 0 Å². The lowest BCUT2D eigenvalue weighted by atomic mass is 10.1. The number of ether oxygens (including phenoxy) is 3. The summed E-state index contributed by atoms with van der Waals surface area (Å²) in [4.78, 5) is 17.2. The third kappa shape index (κ3) is 6.70. The molecule has 1 aromatic heterocycles. The minimum Gasteiger partial charge on any atom is -0.497 e. The molecule has 1 N–H and O–H groups in total. The Kier molecular flexibility index (Phi) is 8.51. The van der Waals surface area contributed by atoms with Gasteiger partial charge in [-0.05, 0) is 67.6 Å². The first-order chi connectivity index (χ1) is 17.2. The largest absolute Gasteiger partial charge is 0.497 e. The maximum Gasteiger partial charge on any atom is 0.258 e. The van der Waals surface area contributed by atoms with Crippen LogP contribution in [-0.4, -0.2) is 63.9 Å². The van der Waals surface area contributed by atoms with Gasteiger partial charge in [0.1, 0.15) is 23.0 Å². The molecule has 0 spiro atoms. The maximum atomic E-state index is 12.5. The first-order valence-electron chi connectivity index (χ1n) is 11.9. The van der Waals surface area contributed by atoms with Crippen molar-refractivity contribution in [3.8, 4) is 17.2 Å². The number of rotatable bonds is 11. The number of hydrogen-bond donors (Lipinski definition) is 1. The summed E-state index contributed by atoms with van der Waals surface area (Å²) < 4.78 is 22.0. The minimum atomic E-state index is -0.174. The van der Waals surface area contributed by atoms with Crippen molar-refractivity contribution in [1.29, 1.82) is 0 Å². The summed E-state index contributed by atoms with van der Waals surface area (Å²) in [6, 6.07) is 19.2. The molecule has 1 unspecified atom stereocenters. The summed E-state index contributed by atoms with van der Waals surface area (Å²) in [7, 11) is 1.67. The zero-order valence-corrected chi connectivity index (χ0v) is 20.3. The van der Waals surface area contributed by atoms with Crippen molar-refractivity contribution in [2.24, 2.45) is 0 Å². The van der Waals surface area contributed by atoms with Gasteiger partial charge < -0.3 is 28.8 Å². The van der Waals surface area contributed by atoms with Gasteiger partial charge in [-0.1, -0.05) is 0 Å². The third-order valence-corrected chi connectivity index (χ3v) is 6.06. The Morgan fingerprint density at radius 2 is 1.60 bits per heavy atom. The molecule has 2 aromatic carbocycles. The van der Waals surface area contributed by atoms with Crippen LogP contribution in [0.3, 0.4) is 0 Å². The molecule has 1 atom stereocenters. The second-order valence-corrected chi connectivity index (χ2v) is 8.25. The van der Waals surface area contributed by atoms with Crippen LogP contribution in [0.15, 0.2) is 71.3 Å². The van der Waals surface area contributed by atoms with E-state index in [0.717, 1.165) is 43.4 Å². The molecule has 4 rings (SSSR count). The van der Waals surface area contributed by atoms with E-state index >= 15 is 0 Å². The molecule has 0 radical (unpaired) electrons. The number of anilines is 1. The first kappa shape index (κ1) is 24.5. The lowest BCUT2D eigenvalue weighted by molar-refractivity contribution is -0.123. The van der Waals surface area contributed by atoms with Crippen LogP contribution in [0.4, 0.5) is 5.69 Å². The summed E-state index contributed by atoms with van der Waals surface area (Å²) in [6.07, 6.45) is 1.67. The van der Waals surface area contributed by atoms with Crippen LogP contribution in [0.5, 0.6) is 17.2 Å². The van der Waals surface area contributed by atoms with Crippen LogP contribution in [-0.2, 0) is 4.79 Å². The van der Waals surface area contributed by atoms with Crippen molar-refractivity contribution in [2.45, 2.75) is 13.0 Å². The van der Waals surface area contributed by atoms with Gasteiger partial charge in [0.15, 0.2) is 6.61 Å². The zero-order valence-electron chi connectivity index (χ0n) is 20.3. The van der Waals surface area contributed by atoms with E-state index in [1.165, 1.54) is 5.69 Å². The van der Waals surface area contributed by atoms with Crippen molar-refractivity contribution in [1.82, 2.24) is 10.2 Å². The topological polar surface area (TPSA) is 76.4 Å². The minimum absolute atomic E-state index is 0.0440. The number of benzene rings is 2. The molecule has 1 amide bonds. The van der Waals surface area contributed by atoms with E-state index in [9.17, 15) is 4.79 Å². The van der Waals surface area contributed by atoms with E-state index in [-0.39, 0.29) is 18.6 Å². The number of hydrogen-bond acceptors (Lipinski definition) is 7. The number of methoxy groups -OCH3 is 1. The van der Waals surface area contributed by atoms with Crippen molar-refractivity contribution < 1.29 is 23.4 Å². The summed E-state index contributed by atoms with van der Waals surface area (Å²) >= 11 is 0. The molecule has 1 aliphatic heterocycles. The SMILES string of the molecule is CCOc1ccc(OCC(=O)NCC(c2ccco2)N2CCN(c3ccc(OC)cc3)CC2)cc1. The van der Waals surface area contributed by atoms with E-state index in [1.807, 2.05) is 43.3 Å². The van der Waals surface area contributed by atoms with Crippen molar-refractivity contribution >= 4 is 11.6 Å². The Balaban J connectivity index is 1.29. The fraction of sp³-hybridized carbons (Fsp3) is 0.370. The zero-order chi connectivity index (χ0) is 24.5. The smallest absolute Gasteiger partial charge is 0.258 e. The number of amides is 1. The Hall–Kier alpha value is -3.65. The Morgan fingerprint density at radius 3 is 2.20 bits per heavy atom. The van der Waals surface area contributed by atoms with Gasteiger partial charge in [0, 0.05) is 38.4 Å². The van der Waals surface area contributed by atoms with Gasteiger partial charge >= 0.3 is 0 Å². The molecule has 0 bridgehead atoms. The summed E-state index contributed by atoms with van der Waals surface area (Å²) in [6.45, 7) is 6.43. The predicted octanol–water partition coefficient (Wildman–Crippen LogP) is 3.75. The molecule has 186 valence electrons. The molecule has 1 aliphatic rings. The monoisotopic (exact) mass is 479 g/mol. The highest BCUT2D eigenvalue weighted by Crippen LogP contribution is 2.25. The summed E-state index contributed by atoms with van der Waals surface area (Å²) in [5.41, 5.74) is 1.18. The average molecular weight is 480 g/mol. The van der Waals surface area contributed by atoms with E-state index in [2.05, 4.69) is 27.2 Å².